The fourth-order valence-corrected chi connectivity index (χ4v) is 1.18. The fraction of sp³-hybridized carbons (Fsp3) is 0. The van der Waals surface area contributed by atoms with Gasteiger partial charge in [0.1, 0.15) is 19.0 Å². The molecular formula is C13H12N6. The smallest absolute Gasteiger partial charge is 0.129 e. The van der Waals surface area contributed by atoms with Gasteiger partial charge in [0.2, 0.25) is 0 Å². The third-order valence-corrected chi connectivity index (χ3v) is 2.02. The molecule has 0 atom stereocenters. The van der Waals surface area contributed by atoms with E-state index in [1.165, 1.54) is 6.33 Å². The number of fused-ring (bicyclic) bond motifs is 1. The van der Waals surface area contributed by atoms with Crippen molar-refractivity contribution in [2.24, 2.45) is 5.10 Å². The Hall–Kier alpha value is -2.89. The zero-order valence-electron chi connectivity index (χ0n) is 10.1. The molecule has 0 saturated heterocycles. The third kappa shape index (κ3) is 5.31. The number of benzene rings is 1. The molecule has 1 aliphatic heterocycles. The van der Waals surface area contributed by atoms with Gasteiger partial charge in [-0.1, -0.05) is 18.2 Å². The molecule has 19 heavy (non-hydrogen) atoms. The van der Waals surface area contributed by atoms with E-state index in [2.05, 4.69) is 30.5 Å². The summed E-state index contributed by atoms with van der Waals surface area (Å²) in [5.74, 6) is 0. The summed E-state index contributed by atoms with van der Waals surface area (Å²) in [4.78, 5) is 15.3. The molecular weight excluding hydrogens is 240 g/mol. The molecule has 94 valence electrons. The van der Waals surface area contributed by atoms with E-state index in [4.69, 9.17) is 0 Å². The topological polar surface area (TPSA) is 85.9 Å². The average Bonchev–Trinajstić information content (AvgIpc) is 3.39. The summed E-state index contributed by atoms with van der Waals surface area (Å²) >= 11 is 0. The van der Waals surface area contributed by atoms with Crippen molar-refractivity contribution in [3.8, 4) is 0 Å². The van der Waals surface area contributed by atoms with Gasteiger partial charge in [-0.3, -0.25) is 5.43 Å². The third-order valence-electron chi connectivity index (χ3n) is 2.02. The van der Waals surface area contributed by atoms with Gasteiger partial charge in [0.05, 0.1) is 5.52 Å². The molecule has 0 unspecified atom stereocenters. The molecule has 0 radical (unpaired) electrons. The minimum absolute atomic E-state index is 0.998. The number of hydrogen-bond donors (Lipinski definition) is 1. The number of hydrazone groups is 1. The van der Waals surface area contributed by atoms with Gasteiger partial charge >= 0.3 is 0 Å². The van der Waals surface area contributed by atoms with E-state index in [9.17, 15) is 0 Å². The van der Waals surface area contributed by atoms with Gasteiger partial charge < -0.3 is 0 Å². The Labute approximate surface area is 110 Å². The van der Waals surface area contributed by atoms with Gasteiger partial charge in [-0.25, -0.2) is 19.9 Å². The first-order chi connectivity index (χ1) is 9.47. The predicted octanol–water partition coefficient (Wildman–Crippen LogP) is 1.64. The maximum Gasteiger partial charge on any atom is 0.129 e. The molecule has 0 fully saturated rings. The molecule has 4 rings (SSSR count). The van der Waals surface area contributed by atoms with Crippen molar-refractivity contribution in [3.05, 3.63) is 61.6 Å². The van der Waals surface area contributed by atoms with Crippen molar-refractivity contribution in [2.45, 2.75) is 0 Å². The number of nitrogens with zero attached hydrogens (tertiary/aromatic N) is 5. The Morgan fingerprint density at radius 1 is 0.842 bits per heavy atom. The second-order valence-electron chi connectivity index (χ2n) is 3.37. The Morgan fingerprint density at radius 3 is 2.11 bits per heavy atom. The number of hydrogen-bond acceptors (Lipinski definition) is 6. The van der Waals surface area contributed by atoms with E-state index < -0.39 is 0 Å². The van der Waals surface area contributed by atoms with Crippen LogP contribution in [0.25, 0.3) is 10.9 Å². The van der Waals surface area contributed by atoms with Crippen LogP contribution in [0.1, 0.15) is 0 Å². The zero-order chi connectivity index (χ0) is 13.2. The van der Waals surface area contributed by atoms with Gasteiger partial charge in [-0.2, -0.15) is 5.10 Å². The highest BCUT2D eigenvalue weighted by Crippen LogP contribution is 2.06. The number of para-hydroxylation sites is 1. The Kier molecular flexibility index (Phi) is 4.92. The lowest BCUT2D eigenvalue weighted by Crippen LogP contribution is -1.77. The first-order valence-electron chi connectivity index (χ1n) is 5.58. The normalized spacial score (nSPS) is 10.3. The van der Waals surface area contributed by atoms with Crippen molar-refractivity contribution >= 4 is 17.2 Å². The predicted molar refractivity (Wildman–Crippen MR) is 73.2 cm³/mol. The van der Waals surface area contributed by atoms with E-state index in [1.807, 2.05) is 30.5 Å². The van der Waals surface area contributed by atoms with Gasteiger partial charge in [0, 0.05) is 24.0 Å². The number of rotatable bonds is 0. The Bertz CT molecular complexity index is 530. The quantitative estimate of drug-likeness (QED) is 0.657. The standard InChI is InChI=1S/C8H6N2.C4H4N2.CH2N2/c1-2-4-8-7(3-1)5-9-6-10-8;1-2-5-4-6-3-1;1-2-3-1/h1-6H;1-4H;1H,(H,2,3). The van der Waals surface area contributed by atoms with E-state index in [0.29, 0.717) is 0 Å². The summed E-state index contributed by atoms with van der Waals surface area (Å²) in [5.41, 5.74) is 3.50. The molecule has 0 spiro atoms. The van der Waals surface area contributed by atoms with Crippen LogP contribution in [0.4, 0.5) is 0 Å². The van der Waals surface area contributed by atoms with E-state index in [0.717, 1.165) is 10.9 Å². The van der Waals surface area contributed by atoms with Gasteiger partial charge in [-0.15, -0.1) is 0 Å². The Morgan fingerprint density at radius 2 is 1.58 bits per heavy atom. The van der Waals surface area contributed by atoms with E-state index >= 15 is 0 Å². The highest BCUT2D eigenvalue weighted by atomic mass is 15.4. The van der Waals surface area contributed by atoms with Crippen molar-refractivity contribution < 1.29 is 0 Å². The van der Waals surface area contributed by atoms with Crippen molar-refractivity contribution in [1.82, 2.24) is 25.4 Å². The fourth-order valence-electron chi connectivity index (χ4n) is 1.18. The molecule has 1 N–H and O–H groups in total. The minimum Gasteiger partial charge on any atom is -0.265 e. The van der Waals surface area contributed by atoms with Crippen LogP contribution >= 0.6 is 0 Å². The maximum absolute atomic E-state index is 4.07. The first kappa shape index (κ1) is 12.6. The van der Waals surface area contributed by atoms with Crippen LogP contribution in [0.3, 0.4) is 0 Å². The summed E-state index contributed by atoms with van der Waals surface area (Å²) in [7, 11) is 0. The lowest BCUT2D eigenvalue weighted by molar-refractivity contribution is 1.17. The molecule has 2 aromatic heterocycles. The molecule has 0 amide bonds. The second kappa shape index (κ2) is 7.44. The van der Waals surface area contributed by atoms with Crippen LogP contribution in [0.2, 0.25) is 0 Å². The van der Waals surface area contributed by atoms with Crippen LogP contribution in [-0.4, -0.2) is 26.3 Å². The highest BCUT2D eigenvalue weighted by molar-refractivity contribution is 5.76. The van der Waals surface area contributed by atoms with Crippen molar-refractivity contribution in [2.75, 3.05) is 0 Å². The van der Waals surface area contributed by atoms with Crippen molar-refractivity contribution in [1.29, 1.82) is 0 Å². The summed E-state index contributed by atoms with van der Waals surface area (Å²) in [6, 6.07) is 9.69. The molecule has 6 nitrogen and oxygen atoms in total. The molecule has 0 saturated carbocycles. The largest absolute Gasteiger partial charge is 0.265 e. The molecule has 3 heterocycles. The van der Waals surface area contributed by atoms with Crippen LogP contribution in [-0.2, 0) is 0 Å². The molecule has 0 bridgehead atoms. The number of aromatic nitrogens is 4. The molecule has 0 aliphatic carbocycles. The van der Waals surface area contributed by atoms with Crippen LogP contribution < -0.4 is 5.43 Å². The van der Waals surface area contributed by atoms with E-state index in [-0.39, 0.29) is 0 Å². The van der Waals surface area contributed by atoms with E-state index in [1.54, 1.807) is 31.1 Å². The SMILES string of the molecule is C1=NN1.c1ccc2ncncc2c1.c1cncnc1. The molecule has 1 aliphatic rings. The Balaban J connectivity index is 0.000000125. The van der Waals surface area contributed by atoms with Crippen LogP contribution in [0.5, 0.6) is 0 Å². The summed E-state index contributed by atoms with van der Waals surface area (Å²) < 4.78 is 0. The van der Waals surface area contributed by atoms with Crippen LogP contribution in [0.15, 0.2) is 66.7 Å². The van der Waals surface area contributed by atoms with Gasteiger partial charge in [-0.05, 0) is 12.1 Å². The van der Waals surface area contributed by atoms with Crippen molar-refractivity contribution in [3.63, 3.8) is 0 Å². The molecule has 3 aromatic rings. The minimum atomic E-state index is 0.998. The number of nitrogens with one attached hydrogen (secondary N) is 1. The monoisotopic (exact) mass is 252 g/mol. The zero-order valence-corrected chi connectivity index (χ0v) is 10.1. The van der Waals surface area contributed by atoms with Gasteiger partial charge in [0.15, 0.2) is 0 Å². The maximum atomic E-state index is 4.07. The lowest BCUT2D eigenvalue weighted by atomic mass is 10.2. The van der Waals surface area contributed by atoms with Gasteiger partial charge in [0.25, 0.3) is 0 Å². The second-order valence-corrected chi connectivity index (χ2v) is 3.37. The summed E-state index contributed by atoms with van der Waals surface area (Å²) in [5, 5.41) is 4.46. The average molecular weight is 252 g/mol. The summed E-state index contributed by atoms with van der Waals surface area (Å²) in [6.45, 7) is 0. The summed E-state index contributed by atoms with van der Waals surface area (Å²) in [6.07, 6.45) is 9.87. The lowest BCUT2D eigenvalue weighted by Gasteiger charge is -1.90. The molecule has 6 heteroatoms. The van der Waals surface area contributed by atoms with Crippen LogP contribution in [0, 0.1) is 0 Å². The highest BCUT2D eigenvalue weighted by Gasteiger charge is 1.87. The molecule has 1 aromatic carbocycles. The first-order valence-corrected chi connectivity index (χ1v) is 5.58.